The van der Waals surface area contributed by atoms with Gasteiger partial charge in [0.05, 0.1) is 27.9 Å². The number of nitro benzene ring substituents is 1. The molecular weight excluding hydrogens is 605 g/mol. The highest BCUT2D eigenvalue weighted by molar-refractivity contribution is 14.1. The third-order valence-electron chi connectivity index (χ3n) is 8.26. The van der Waals surface area contributed by atoms with Gasteiger partial charge >= 0.3 is 0 Å². The molecule has 0 spiro atoms. The number of anilines is 1. The molecule has 4 aromatic rings. The molecule has 2 atom stereocenters. The summed E-state index contributed by atoms with van der Waals surface area (Å²) < 4.78 is 0.959. The Bertz CT molecular complexity index is 1700. The summed E-state index contributed by atoms with van der Waals surface area (Å²) in [5, 5.41) is 11.9. The zero-order valence-corrected chi connectivity index (χ0v) is 22.6. The van der Waals surface area contributed by atoms with E-state index in [4.69, 9.17) is 4.99 Å². The molecule has 8 heteroatoms. The molecule has 1 aliphatic heterocycles. The first-order chi connectivity index (χ1) is 18.9. The van der Waals surface area contributed by atoms with Gasteiger partial charge in [-0.25, -0.2) is 4.90 Å². The summed E-state index contributed by atoms with van der Waals surface area (Å²) in [5.74, 6) is -2.73. The van der Waals surface area contributed by atoms with Crippen LogP contribution in [-0.2, 0) is 15.0 Å². The number of imide groups is 1. The average Bonchev–Trinajstić information content (AvgIpc) is 3.23. The Morgan fingerprint density at radius 3 is 2.08 bits per heavy atom. The van der Waals surface area contributed by atoms with Crippen LogP contribution < -0.4 is 4.90 Å². The minimum absolute atomic E-state index is 0.00380. The largest absolute Gasteiger partial charge is 0.293 e. The van der Waals surface area contributed by atoms with Gasteiger partial charge in [0.1, 0.15) is 5.69 Å². The number of amides is 2. The van der Waals surface area contributed by atoms with Crippen LogP contribution in [-0.4, -0.2) is 23.0 Å². The Kier molecular flexibility index (Phi) is 5.31. The van der Waals surface area contributed by atoms with Crippen molar-refractivity contribution in [2.24, 2.45) is 16.8 Å². The lowest BCUT2D eigenvalue weighted by Gasteiger charge is -2.52. The van der Waals surface area contributed by atoms with Crippen LogP contribution in [0.1, 0.15) is 28.2 Å². The molecule has 0 N–H and O–H groups in total. The average molecular weight is 625 g/mol. The maximum Gasteiger partial charge on any atom is 0.293 e. The van der Waals surface area contributed by atoms with Crippen LogP contribution in [0.4, 0.5) is 17.1 Å². The number of benzene rings is 4. The van der Waals surface area contributed by atoms with E-state index in [0.717, 1.165) is 36.4 Å². The van der Waals surface area contributed by atoms with E-state index in [1.54, 1.807) is 6.07 Å². The summed E-state index contributed by atoms with van der Waals surface area (Å²) in [6, 6.07) is 29.5. The third-order valence-corrected chi connectivity index (χ3v) is 9.18. The van der Waals surface area contributed by atoms with Gasteiger partial charge in [-0.3, -0.25) is 24.7 Å². The Balaban J connectivity index is 1.52. The Labute approximate surface area is 237 Å². The van der Waals surface area contributed by atoms with Crippen LogP contribution >= 0.6 is 22.6 Å². The first kappa shape index (κ1) is 23.9. The maximum atomic E-state index is 14.4. The first-order valence-electron chi connectivity index (χ1n) is 12.5. The number of nitrogens with zero attached hydrogens (tertiary/aromatic N) is 3. The number of aliphatic imine (C=N–C) groups is 1. The molecule has 7 nitrogen and oxygen atoms in total. The molecule has 0 radical (unpaired) electrons. The summed E-state index contributed by atoms with van der Waals surface area (Å²) in [5.41, 5.74) is 3.31. The standard InChI is InChI=1S/C31H20IN3O4/c32-22-13-5-6-14-23(22)33-17-31-20-11-3-1-9-18(20)26(19-10-2-4-12-21(19)31)27-28(31)30(37)34(29(27)36)24-15-7-8-16-25(24)35(38)39/h1-17,26-28H/t26?,27-,28-,31?/m0/s1. The van der Waals surface area contributed by atoms with Crippen LogP contribution in [0.3, 0.4) is 0 Å². The Hall–Kier alpha value is -4.18. The third kappa shape index (κ3) is 3.18. The van der Waals surface area contributed by atoms with E-state index in [1.165, 1.54) is 18.2 Å². The number of carbonyl (C=O) groups excluding carboxylic acids is 2. The summed E-state index contributed by atoms with van der Waals surface area (Å²) in [6.07, 6.45) is 1.84. The van der Waals surface area contributed by atoms with Crippen molar-refractivity contribution in [3.8, 4) is 0 Å². The van der Waals surface area contributed by atoms with Crippen LogP contribution in [0.15, 0.2) is 102 Å². The molecule has 0 saturated carbocycles. The van der Waals surface area contributed by atoms with E-state index in [1.807, 2.05) is 79.0 Å². The summed E-state index contributed by atoms with van der Waals surface area (Å²) >= 11 is 2.23. The van der Waals surface area contributed by atoms with Crippen LogP contribution in [0.5, 0.6) is 0 Å². The quantitative estimate of drug-likeness (QED) is 0.0894. The van der Waals surface area contributed by atoms with E-state index in [9.17, 15) is 19.7 Å². The normalized spacial score (nSPS) is 24.5. The molecule has 1 heterocycles. The Morgan fingerprint density at radius 1 is 0.821 bits per heavy atom. The number of para-hydroxylation sites is 3. The highest BCUT2D eigenvalue weighted by atomic mass is 127. The minimum atomic E-state index is -1.03. The number of hydrogen-bond donors (Lipinski definition) is 0. The van der Waals surface area contributed by atoms with Crippen molar-refractivity contribution in [2.75, 3.05) is 4.90 Å². The topological polar surface area (TPSA) is 92.9 Å². The predicted molar refractivity (Wildman–Crippen MR) is 155 cm³/mol. The molecule has 2 amide bonds. The molecule has 4 aliphatic rings. The van der Waals surface area contributed by atoms with Crippen molar-refractivity contribution < 1.29 is 14.5 Å². The highest BCUT2D eigenvalue weighted by Crippen LogP contribution is 2.64. The lowest BCUT2D eigenvalue weighted by atomic mass is 9.47. The number of rotatable bonds is 4. The van der Waals surface area contributed by atoms with Gasteiger partial charge < -0.3 is 0 Å². The Morgan fingerprint density at radius 2 is 1.41 bits per heavy atom. The number of hydrogen-bond acceptors (Lipinski definition) is 5. The predicted octanol–water partition coefficient (Wildman–Crippen LogP) is 6.15. The first-order valence-corrected chi connectivity index (χ1v) is 13.6. The molecule has 4 aromatic carbocycles. The smallest absolute Gasteiger partial charge is 0.274 e. The summed E-state index contributed by atoms with van der Waals surface area (Å²) in [4.78, 5) is 46.0. The molecule has 39 heavy (non-hydrogen) atoms. The van der Waals surface area contributed by atoms with E-state index in [0.29, 0.717) is 0 Å². The fraction of sp³-hybridized carbons (Fsp3) is 0.129. The summed E-state index contributed by atoms with van der Waals surface area (Å²) in [7, 11) is 0. The van der Waals surface area contributed by atoms with E-state index in [2.05, 4.69) is 22.6 Å². The maximum absolute atomic E-state index is 14.4. The molecule has 8 rings (SSSR count). The molecule has 0 unspecified atom stereocenters. The van der Waals surface area contributed by atoms with E-state index < -0.39 is 34.0 Å². The fourth-order valence-electron chi connectivity index (χ4n) is 6.82. The second kappa shape index (κ2) is 8.67. The number of halogens is 1. The van der Waals surface area contributed by atoms with Crippen molar-refractivity contribution in [1.29, 1.82) is 0 Å². The van der Waals surface area contributed by atoms with E-state index in [-0.39, 0.29) is 17.3 Å². The number of carbonyl (C=O) groups is 2. The van der Waals surface area contributed by atoms with Gasteiger partial charge in [-0.05, 0) is 63.0 Å². The van der Waals surface area contributed by atoms with Crippen molar-refractivity contribution in [3.63, 3.8) is 0 Å². The van der Waals surface area contributed by atoms with Gasteiger partial charge in [0.25, 0.3) is 5.69 Å². The van der Waals surface area contributed by atoms with E-state index >= 15 is 0 Å². The lowest BCUT2D eigenvalue weighted by Crippen LogP contribution is -2.54. The van der Waals surface area contributed by atoms with Gasteiger partial charge in [0.2, 0.25) is 11.8 Å². The zero-order valence-electron chi connectivity index (χ0n) is 20.4. The minimum Gasteiger partial charge on any atom is -0.274 e. The highest BCUT2D eigenvalue weighted by Gasteiger charge is 2.68. The van der Waals surface area contributed by atoms with Crippen molar-refractivity contribution in [2.45, 2.75) is 11.3 Å². The molecule has 2 bridgehead atoms. The van der Waals surface area contributed by atoms with Crippen LogP contribution in [0.25, 0.3) is 0 Å². The van der Waals surface area contributed by atoms with Gasteiger partial charge in [-0.15, -0.1) is 0 Å². The molecule has 1 saturated heterocycles. The number of nitro groups is 1. The molecular formula is C31H20IN3O4. The lowest BCUT2D eigenvalue weighted by molar-refractivity contribution is -0.384. The van der Waals surface area contributed by atoms with Crippen molar-refractivity contribution >= 4 is 57.7 Å². The van der Waals surface area contributed by atoms with Gasteiger partial charge in [-0.2, -0.15) is 0 Å². The fourth-order valence-corrected chi connectivity index (χ4v) is 7.35. The molecule has 0 aromatic heterocycles. The monoisotopic (exact) mass is 625 g/mol. The van der Waals surface area contributed by atoms with Crippen LogP contribution in [0.2, 0.25) is 0 Å². The van der Waals surface area contributed by atoms with Crippen LogP contribution in [0, 0.1) is 25.5 Å². The molecule has 190 valence electrons. The van der Waals surface area contributed by atoms with Gasteiger partial charge in [0, 0.05) is 21.8 Å². The van der Waals surface area contributed by atoms with Crippen molar-refractivity contribution in [3.05, 3.63) is 133 Å². The van der Waals surface area contributed by atoms with Gasteiger partial charge in [-0.1, -0.05) is 72.8 Å². The summed E-state index contributed by atoms with van der Waals surface area (Å²) in [6.45, 7) is 0. The molecule has 3 aliphatic carbocycles. The van der Waals surface area contributed by atoms with Gasteiger partial charge in [0.15, 0.2) is 0 Å². The van der Waals surface area contributed by atoms with Crippen molar-refractivity contribution in [1.82, 2.24) is 0 Å². The zero-order chi connectivity index (χ0) is 26.9. The second-order valence-electron chi connectivity index (χ2n) is 9.99. The SMILES string of the molecule is O=C1[C@@H]2[C@@H](C(=O)N1c1ccccc1[N+](=O)[O-])C1c3ccccc3C2(C=Nc2ccccc2I)c2ccccc21. The molecule has 1 fully saturated rings. The second-order valence-corrected chi connectivity index (χ2v) is 11.2.